The average Bonchev–Trinajstić information content (AvgIpc) is 2.72. The van der Waals surface area contributed by atoms with Crippen molar-refractivity contribution in [2.24, 2.45) is 0 Å². The number of methoxy groups -OCH3 is 1. The number of hydrogen-bond acceptors (Lipinski definition) is 3. The summed E-state index contributed by atoms with van der Waals surface area (Å²) in [5.74, 6) is 1.76. The molecular weight excluding hydrogens is 374 g/mol. The van der Waals surface area contributed by atoms with Crippen LogP contribution in [-0.2, 0) is 4.79 Å². The summed E-state index contributed by atoms with van der Waals surface area (Å²) in [4.78, 5) is 12.8. The van der Waals surface area contributed by atoms with Gasteiger partial charge in [0, 0.05) is 0 Å². The van der Waals surface area contributed by atoms with Crippen molar-refractivity contribution in [3.05, 3.63) is 71.3 Å². The molecule has 0 bridgehead atoms. The monoisotopic (exact) mass is 405 g/mol. The Hall–Kier alpha value is -3.01. The van der Waals surface area contributed by atoms with Gasteiger partial charge in [-0.3, -0.25) is 4.79 Å². The van der Waals surface area contributed by atoms with Crippen LogP contribution >= 0.6 is 0 Å². The van der Waals surface area contributed by atoms with Crippen molar-refractivity contribution in [3.8, 4) is 11.5 Å². The zero-order valence-corrected chi connectivity index (χ0v) is 18.7. The van der Waals surface area contributed by atoms with Crippen molar-refractivity contribution in [1.82, 2.24) is 5.32 Å². The van der Waals surface area contributed by atoms with Gasteiger partial charge < -0.3 is 14.8 Å². The lowest BCUT2D eigenvalue weighted by Crippen LogP contribution is -2.38. The van der Waals surface area contributed by atoms with Crippen LogP contribution in [0, 0.1) is 6.92 Å². The summed E-state index contributed by atoms with van der Waals surface area (Å²) in [5.41, 5.74) is 3.32. The molecule has 3 aromatic carbocycles. The molecule has 0 fully saturated rings. The third-order valence-corrected chi connectivity index (χ3v) is 5.47. The maximum Gasteiger partial charge on any atom is 0.261 e. The van der Waals surface area contributed by atoms with Crippen LogP contribution in [0.3, 0.4) is 0 Å². The van der Waals surface area contributed by atoms with Crippen molar-refractivity contribution < 1.29 is 14.3 Å². The molecule has 0 spiro atoms. The molecule has 3 rings (SSSR count). The highest BCUT2D eigenvalue weighted by atomic mass is 16.5. The Kier molecular flexibility index (Phi) is 6.66. The van der Waals surface area contributed by atoms with E-state index in [1.54, 1.807) is 14.0 Å². The van der Waals surface area contributed by atoms with Crippen LogP contribution in [0.5, 0.6) is 11.5 Å². The predicted molar refractivity (Wildman–Crippen MR) is 122 cm³/mol. The minimum atomic E-state index is -0.600. The van der Waals surface area contributed by atoms with Gasteiger partial charge >= 0.3 is 0 Å². The normalized spacial score (nSPS) is 13.2. The van der Waals surface area contributed by atoms with Crippen molar-refractivity contribution in [3.63, 3.8) is 0 Å². The van der Waals surface area contributed by atoms with Crippen molar-refractivity contribution >= 4 is 16.7 Å². The second kappa shape index (κ2) is 9.21. The highest BCUT2D eigenvalue weighted by Gasteiger charge is 2.20. The standard InChI is InChI=1S/C26H31NO3/c1-16(2)23-15-24(17(3)13-25(23)29-6)18(4)27-26(28)19(5)30-22-12-11-20-9-7-8-10-21(20)14-22/h7-16,18-19H,1-6H3,(H,27,28)/t18-,19+/m0/s1. The van der Waals surface area contributed by atoms with E-state index in [2.05, 4.69) is 31.3 Å². The smallest absolute Gasteiger partial charge is 0.261 e. The van der Waals surface area contributed by atoms with E-state index in [1.807, 2.05) is 56.3 Å². The van der Waals surface area contributed by atoms with Crippen molar-refractivity contribution in [1.29, 1.82) is 0 Å². The van der Waals surface area contributed by atoms with Gasteiger partial charge in [0.15, 0.2) is 6.10 Å². The van der Waals surface area contributed by atoms with Gasteiger partial charge in [0.25, 0.3) is 5.91 Å². The molecule has 0 unspecified atom stereocenters. The number of hydrogen-bond donors (Lipinski definition) is 1. The highest BCUT2D eigenvalue weighted by molar-refractivity contribution is 5.84. The summed E-state index contributed by atoms with van der Waals surface area (Å²) in [5, 5.41) is 5.33. The molecule has 3 aromatic rings. The van der Waals surface area contributed by atoms with E-state index < -0.39 is 6.10 Å². The minimum Gasteiger partial charge on any atom is -0.496 e. The van der Waals surface area contributed by atoms with Gasteiger partial charge in [-0.1, -0.05) is 44.2 Å². The van der Waals surface area contributed by atoms with Gasteiger partial charge in [-0.25, -0.2) is 0 Å². The number of aryl methyl sites for hydroxylation is 1. The molecule has 0 aromatic heterocycles. The fourth-order valence-electron chi connectivity index (χ4n) is 3.72. The molecule has 0 heterocycles. The first-order valence-corrected chi connectivity index (χ1v) is 10.4. The van der Waals surface area contributed by atoms with E-state index >= 15 is 0 Å². The molecule has 1 amide bonds. The molecule has 2 atom stereocenters. The zero-order chi connectivity index (χ0) is 21.8. The van der Waals surface area contributed by atoms with Crippen molar-refractivity contribution in [2.75, 3.05) is 7.11 Å². The molecule has 158 valence electrons. The molecule has 0 aliphatic heterocycles. The van der Waals surface area contributed by atoms with Crippen LogP contribution < -0.4 is 14.8 Å². The first-order chi connectivity index (χ1) is 14.3. The van der Waals surface area contributed by atoms with Gasteiger partial charge in [0.2, 0.25) is 0 Å². The largest absolute Gasteiger partial charge is 0.496 e. The summed E-state index contributed by atoms with van der Waals surface area (Å²) in [6, 6.07) is 18.0. The number of amides is 1. The molecule has 0 saturated carbocycles. The van der Waals surface area contributed by atoms with E-state index in [-0.39, 0.29) is 11.9 Å². The third kappa shape index (κ3) is 4.76. The minimum absolute atomic E-state index is 0.136. The molecule has 0 aliphatic rings. The van der Waals surface area contributed by atoms with Crippen LogP contribution in [0.4, 0.5) is 0 Å². The van der Waals surface area contributed by atoms with Gasteiger partial charge in [-0.15, -0.1) is 0 Å². The van der Waals surface area contributed by atoms with E-state index in [4.69, 9.17) is 9.47 Å². The van der Waals surface area contributed by atoms with Crippen LogP contribution in [0.1, 0.15) is 56.3 Å². The van der Waals surface area contributed by atoms with E-state index in [1.165, 1.54) is 0 Å². The molecule has 0 aliphatic carbocycles. The number of carbonyl (C=O) groups excluding carboxylic acids is 1. The second-order valence-electron chi connectivity index (χ2n) is 8.10. The number of carbonyl (C=O) groups is 1. The summed E-state index contributed by atoms with van der Waals surface area (Å²) < 4.78 is 11.4. The molecular formula is C26H31NO3. The average molecular weight is 406 g/mol. The Morgan fingerprint density at radius 2 is 1.60 bits per heavy atom. The predicted octanol–water partition coefficient (Wildman–Crippen LogP) is 5.92. The summed E-state index contributed by atoms with van der Waals surface area (Å²) >= 11 is 0. The summed E-state index contributed by atoms with van der Waals surface area (Å²) in [7, 11) is 1.69. The Labute approximate surface area is 179 Å². The fourth-order valence-corrected chi connectivity index (χ4v) is 3.72. The van der Waals surface area contributed by atoms with Crippen LogP contribution in [-0.4, -0.2) is 19.1 Å². The highest BCUT2D eigenvalue weighted by Crippen LogP contribution is 2.32. The van der Waals surface area contributed by atoms with Gasteiger partial charge in [0.1, 0.15) is 11.5 Å². The summed E-state index contributed by atoms with van der Waals surface area (Å²) in [6.45, 7) is 10.1. The Morgan fingerprint density at radius 3 is 2.27 bits per heavy atom. The van der Waals surface area contributed by atoms with Gasteiger partial charge in [0.05, 0.1) is 13.2 Å². The lowest BCUT2D eigenvalue weighted by molar-refractivity contribution is -0.127. The lowest BCUT2D eigenvalue weighted by atomic mass is 9.93. The number of nitrogens with one attached hydrogen (secondary N) is 1. The van der Waals surface area contributed by atoms with E-state index in [0.717, 1.165) is 33.2 Å². The molecule has 1 N–H and O–H groups in total. The molecule has 0 saturated heterocycles. The van der Waals surface area contributed by atoms with E-state index in [0.29, 0.717) is 11.7 Å². The van der Waals surface area contributed by atoms with Crippen LogP contribution in [0.15, 0.2) is 54.6 Å². The maximum absolute atomic E-state index is 12.8. The molecule has 4 heteroatoms. The third-order valence-electron chi connectivity index (χ3n) is 5.47. The number of benzene rings is 3. The molecule has 0 radical (unpaired) electrons. The molecule has 30 heavy (non-hydrogen) atoms. The number of fused-ring (bicyclic) bond motifs is 1. The van der Waals surface area contributed by atoms with Crippen LogP contribution in [0.25, 0.3) is 10.8 Å². The quantitative estimate of drug-likeness (QED) is 0.530. The Balaban J connectivity index is 1.72. The number of ether oxygens (including phenoxy) is 2. The first-order valence-electron chi connectivity index (χ1n) is 10.4. The fraction of sp³-hybridized carbons (Fsp3) is 0.346. The SMILES string of the molecule is COc1cc(C)c([C@H](C)NC(=O)[C@@H](C)Oc2ccc3ccccc3c2)cc1C(C)C. The second-order valence-corrected chi connectivity index (χ2v) is 8.10. The summed E-state index contributed by atoms with van der Waals surface area (Å²) in [6.07, 6.45) is -0.600. The molecule has 4 nitrogen and oxygen atoms in total. The van der Waals surface area contributed by atoms with E-state index in [9.17, 15) is 4.79 Å². The number of rotatable bonds is 7. The van der Waals surface area contributed by atoms with Gasteiger partial charge in [-0.05, 0) is 78.4 Å². The maximum atomic E-state index is 12.8. The zero-order valence-electron chi connectivity index (χ0n) is 18.7. The van der Waals surface area contributed by atoms with Crippen LogP contribution in [0.2, 0.25) is 0 Å². The first kappa shape index (κ1) is 21.7. The lowest BCUT2D eigenvalue weighted by Gasteiger charge is -2.23. The Bertz CT molecular complexity index is 1040. The van der Waals surface area contributed by atoms with Gasteiger partial charge in [-0.2, -0.15) is 0 Å². The topological polar surface area (TPSA) is 47.6 Å². The van der Waals surface area contributed by atoms with Crippen molar-refractivity contribution in [2.45, 2.75) is 52.7 Å². The Morgan fingerprint density at radius 1 is 0.900 bits per heavy atom.